The van der Waals surface area contributed by atoms with Crippen molar-refractivity contribution in [3.05, 3.63) is 40.0 Å². The molecular weight excluding hydrogens is 360 g/mol. The van der Waals surface area contributed by atoms with E-state index in [1.165, 1.54) is 0 Å². The largest absolute Gasteiger partial charge is 0.391 e. The van der Waals surface area contributed by atoms with Crippen LogP contribution in [0.25, 0.3) is 11.1 Å². The first-order valence-corrected chi connectivity index (χ1v) is 9.68. The van der Waals surface area contributed by atoms with E-state index in [0.29, 0.717) is 41.9 Å². The molecular formula is C20H22N4O4. The molecule has 1 N–H and O–H groups in total. The Bertz CT molecular complexity index is 1070. The number of likely N-dealkylation sites (tertiary alicyclic amines) is 1. The van der Waals surface area contributed by atoms with Crippen LogP contribution in [0, 0.1) is 19.8 Å². The van der Waals surface area contributed by atoms with E-state index in [0.717, 1.165) is 42.0 Å². The summed E-state index contributed by atoms with van der Waals surface area (Å²) < 4.78 is 10.6. The number of carbonyl (C=O) groups excluding carboxylic acids is 1. The third-order valence-electron chi connectivity index (χ3n) is 5.87. The number of fused-ring (bicyclic) bond motifs is 2. The fraction of sp³-hybridized carbons (Fsp3) is 0.500. The molecule has 0 aromatic carbocycles. The molecule has 28 heavy (non-hydrogen) atoms. The molecule has 3 aromatic rings. The second kappa shape index (κ2) is 6.41. The van der Waals surface area contributed by atoms with Crippen molar-refractivity contribution in [3.8, 4) is 0 Å². The number of β-amino-alcohol motifs (C(OH)–C–C–N with tert-alkyl or cyclic N) is 1. The van der Waals surface area contributed by atoms with Gasteiger partial charge in [0.25, 0.3) is 11.6 Å². The van der Waals surface area contributed by atoms with Gasteiger partial charge in [-0.05, 0) is 38.7 Å². The lowest BCUT2D eigenvalue weighted by atomic mass is 10.0. The smallest absolute Gasteiger partial charge is 0.259 e. The molecule has 0 unspecified atom stereocenters. The van der Waals surface area contributed by atoms with Gasteiger partial charge in [-0.15, -0.1) is 0 Å². The van der Waals surface area contributed by atoms with Gasteiger partial charge in [-0.25, -0.2) is 4.98 Å². The van der Waals surface area contributed by atoms with Crippen molar-refractivity contribution in [1.29, 1.82) is 0 Å². The molecule has 1 aliphatic carbocycles. The van der Waals surface area contributed by atoms with E-state index in [-0.39, 0.29) is 11.8 Å². The molecule has 2 aliphatic rings. The van der Waals surface area contributed by atoms with Crippen molar-refractivity contribution in [2.75, 3.05) is 13.1 Å². The summed E-state index contributed by atoms with van der Waals surface area (Å²) in [7, 11) is 0. The minimum Gasteiger partial charge on any atom is -0.391 e. The summed E-state index contributed by atoms with van der Waals surface area (Å²) in [6.07, 6.45) is 2.63. The summed E-state index contributed by atoms with van der Waals surface area (Å²) >= 11 is 0. The minimum atomic E-state index is -0.594. The summed E-state index contributed by atoms with van der Waals surface area (Å²) in [6.45, 7) is 4.48. The molecule has 0 saturated carbocycles. The summed E-state index contributed by atoms with van der Waals surface area (Å²) in [6, 6.07) is 1.87. The van der Waals surface area contributed by atoms with Gasteiger partial charge in [0.05, 0.1) is 28.4 Å². The molecule has 1 saturated heterocycles. The highest BCUT2D eigenvalue weighted by Gasteiger charge is 2.37. The number of hydrogen-bond acceptors (Lipinski definition) is 7. The molecule has 1 fully saturated rings. The maximum absolute atomic E-state index is 13.5. The fourth-order valence-corrected chi connectivity index (χ4v) is 4.50. The first-order chi connectivity index (χ1) is 13.5. The Hall–Kier alpha value is -2.74. The van der Waals surface area contributed by atoms with Crippen LogP contribution in [0.1, 0.15) is 45.2 Å². The lowest BCUT2D eigenvalue weighted by Crippen LogP contribution is -2.30. The lowest BCUT2D eigenvalue weighted by molar-refractivity contribution is 0.0765. The van der Waals surface area contributed by atoms with Gasteiger partial charge in [0.1, 0.15) is 5.76 Å². The number of aromatic nitrogens is 3. The van der Waals surface area contributed by atoms with Gasteiger partial charge in [0, 0.05) is 37.2 Å². The maximum Gasteiger partial charge on any atom is 0.259 e. The number of rotatable bonds is 3. The van der Waals surface area contributed by atoms with Crippen LogP contribution in [-0.4, -0.2) is 50.4 Å². The zero-order chi connectivity index (χ0) is 19.4. The van der Waals surface area contributed by atoms with E-state index in [4.69, 9.17) is 9.05 Å². The van der Waals surface area contributed by atoms with Crippen LogP contribution in [0.2, 0.25) is 0 Å². The number of amides is 1. The number of aliphatic hydroxyl groups excluding tert-OH is 1. The zero-order valence-electron chi connectivity index (χ0n) is 15.9. The Morgan fingerprint density at radius 2 is 2.11 bits per heavy atom. The van der Waals surface area contributed by atoms with Crippen LogP contribution in [0.3, 0.4) is 0 Å². The Balaban J connectivity index is 1.46. The van der Waals surface area contributed by atoms with Crippen LogP contribution in [0.4, 0.5) is 0 Å². The molecule has 146 valence electrons. The van der Waals surface area contributed by atoms with E-state index < -0.39 is 6.10 Å². The molecule has 5 rings (SSSR count). The van der Waals surface area contributed by atoms with Crippen molar-refractivity contribution < 1.29 is 18.9 Å². The van der Waals surface area contributed by atoms with Crippen molar-refractivity contribution in [1.82, 2.24) is 20.2 Å². The highest BCUT2D eigenvalue weighted by molar-refractivity contribution is 6.07. The van der Waals surface area contributed by atoms with E-state index in [2.05, 4.69) is 15.3 Å². The van der Waals surface area contributed by atoms with Crippen molar-refractivity contribution in [2.24, 2.45) is 5.92 Å². The Morgan fingerprint density at radius 3 is 2.89 bits per heavy atom. The number of carbonyl (C=O) groups is 1. The van der Waals surface area contributed by atoms with Crippen molar-refractivity contribution in [3.63, 3.8) is 0 Å². The molecule has 3 aromatic heterocycles. The standard InChI is InChI=1S/C20H22N4O4/c1-10-6-13(27-22-10)7-12-8-24(9-16(12)25)20(26)18-14-4-3-5-15(14)21-19-17(18)11(2)23-28-19/h6,12,16,25H,3-5,7-9H2,1-2H3/t12-,16+/m1/s1. The lowest BCUT2D eigenvalue weighted by Gasteiger charge is -2.18. The Labute approximate surface area is 161 Å². The second-order valence-electron chi connectivity index (χ2n) is 7.89. The summed E-state index contributed by atoms with van der Waals surface area (Å²) in [4.78, 5) is 19.8. The normalized spacial score (nSPS) is 21.6. The third kappa shape index (κ3) is 2.71. The zero-order valence-corrected chi connectivity index (χ0v) is 15.9. The number of nitrogens with zero attached hydrogens (tertiary/aromatic N) is 4. The minimum absolute atomic E-state index is 0.0767. The Kier molecular flexibility index (Phi) is 3.97. The molecule has 8 nitrogen and oxygen atoms in total. The third-order valence-corrected chi connectivity index (χ3v) is 5.87. The number of pyridine rings is 1. The Morgan fingerprint density at radius 1 is 1.25 bits per heavy atom. The first-order valence-electron chi connectivity index (χ1n) is 9.68. The van der Waals surface area contributed by atoms with E-state index in [1.54, 1.807) is 4.90 Å². The van der Waals surface area contributed by atoms with Gasteiger partial charge in [0.15, 0.2) is 0 Å². The maximum atomic E-state index is 13.5. The highest BCUT2D eigenvalue weighted by atomic mass is 16.5. The second-order valence-corrected chi connectivity index (χ2v) is 7.89. The van der Waals surface area contributed by atoms with Gasteiger partial charge < -0.3 is 19.1 Å². The summed E-state index contributed by atoms with van der Waals surface area (Å²) in [5.41, 5.74) is 4.50. The molecule has 4 heterocycles. The van der Waals surface area contributed by atoms with Gasteiger partial charge in [0.2, 0.25) is 0 Å². The monoisotopic (exact) mass is 382 g/mol. The van der Waals surface area contributed by atoms with E-state index in [9.17, 15) is 9.90 Å². The summed E-state index contributed by atoms with van der Waals surface area (Å²) in [5.74, 6) is 0.579. The average Bonchev–Trinajstić information content (AvgIpc) is 3.43. The van der Waals surface area contributed by atoms with Crippen LogP contribution < -0.4 is 0 Å². The first kappa shape index (κ1) is 17.4. The summed E-state index contributed by atoms with van der Waals surface area (Å²) in [5, 5.41) is 19.2. The van der Waals surface area contributed by atoms with Gasteiger partial charge in [-0.2, -0.15) is 0 Å². The molecule has 8 heteroatoms. The molecule has 2 atom stereocenters. The number of aryl methyl sites for hydroxylation is 3. The van der Waals surface area contributed by atoms with Crippen LogP contribution in [-0.2, 0) is 19.3 Å². The topological polar surface area (TPSA) is 105 Å². The van der Waals surface area contributed by atoms with Crippen molar-refractivity contribution in [2.45, 2.75) is 45.6 Å². The van der Waals surface area contributed by atoms with Gasteiger partial charge in [-0.3, -0.25) is 4.79 Å². The molecule has 0 bridgehead atoms. The average molecular weight is 382 g/mol. The molecule has 0 spiro atoms. The van der Waals surface area contributed by atoms with Crippen LogP contribution in [0.15, 0.2) is 15.1 Å². The van der Waals surface area contributed by atoms with Crippen molar-refractivity contribution >= 4 is 17.0 Å². The van der Waals surface area contributed by atoms with E-state index in [1.807, 2.05) is 19.9 Å². The fourth-order valence-electron chi connectivity index (χ4n) is 4.50. The quantitative estimate of drug-likeness (QED) is 0.738. The van der Waals surface area contributed by atoms with Gasteiger partial charge >= 0.3 is 0 Å². The molecule has 0 radical (unpaired) electrons. The molecule has 1 amide bonds. The highest BCUT2D eigenvalue weighted by Crippen LogP contribution is 2.34. The number of hydrogen-bond donors (Lipinski definition) is 1. The molecule has 1 aliphatic heterocycles. The van der Waals surface area contributed by atoms with Crippen LogP contribution in [0.5, 0.6) is 0 Å². The predicted molar refractivity (Wildman–Crippen MR) is 98.9 cm³/mol. The number of aliphatic hydroxyl groups is 1. The SMILES string of the molecule is Cc1cc(C[C@@H]2CN(C(=O)c3c4c(nc5onc(C)c35)CCC4)C[C@@H]2O)on1. The van der Waals surface area contributed by atoms with Crippen LogP contribution >= 0.6 is 0 Å². The van der Waals surface area contributed by atoms with E-state index >= 15 is 0 Å². The van der Waals surface area contributed by atoms with Gasteiger partial charge in [-0.1, -0.05) is 10.3 Å². The predicted octanol–water partition coefficient (Wildman–Crippen LogP) is 1.99.